The van der Waals surface area contributed by atoms with Gasteiger partial charge in [-0.15, -0.1) is 0 Å². The van der Waals surface area contributed by atoms with E-state index in [0.29, 0.717) is 24.1 Å². The van der Waals surface area contributed by atoms with E-state index in [9.17, 15) is 14.4 Å². The van der Waals surface area contributed by atoms with E-state index in [0.717, 1.165) is 28.7 Å². The van der Waals surface area contributed by atoms with Gasteiger partial charge in [-0.3, -0.25) is 19.6 Å². The van der Waals surface area contributed by atoms with Gasteiger partial charge in [-0.05, 0) is 44.9 Å². The average Bonchev–Trinajstić information content (AvgIpc) is 3.28. The highest BCUT2D eigenvalue weighted by Crippen LogP contribution is 2.34. The Morgan fingerprint density at radius 2 is 1.84 bits per heavy atom. The van der Waals surface area contributed by atoms with Crippen LogP contribution < -0.4 is 10.9 Å². The van der Waals surface area contributed by atoms with Gasteiger partial charge in [0.25, 0.3) is 11.5 Å². The van der Waals surface area contributed by atoms with Crippen molar-refractivity contribution in [3.8, 4) is 11.3 Å². The van der Waals surface area contributed by atoms with E-state index in [-0.39, 0.29) is 11.3 Å². The van der Waals surface area contributed by atoms with Crippen LogP contribution >= 0.6 is 0 Å². The molecule has 0 bridgehead atoms. The number of hydrogen-bond donors (Lipinski definition) is 2. The number of alkyl carbamates (subject to hydrolysis) is 1. The Bertz CT molecular complexity index is 1310. The van der Waals surface area contributed by atoms with Gasteiger partial charge in [0, 0.05) is 34.2 Å². The van der Waals surface area contributed by atoms with Gasteiger partial charge in [-0.1, -0.05) is 32.0 Å². The fraction of sp³-hybridized carbons (Fsp3) is 0.333. The number of imide groups is 1. The minimum atomic E-state index is -0.802. The molecule has 1 fully saturated rings. The second-order valence-electron chi connectivity index (χ2n) is 7.96. The molecule has 0 saturated carbocycles. The van der Waals surface area contributed by atoms with Gasteiger partial charge >= 0.3 is 6.09 Å². The summed E-state index contributed by atoms with van der Waals surface area (Å²) in [4.78, 5) is 39.6. The minimum Gasteiger partial charge on any atom is -0.404 e. The van der Waals surface area contributed by atoms with Gasteiger partial charge < -0.3 is 9.72 Å². The molecule has 1 aliphatic heterocycles. The molecular formula is C24H26N4O4. The van der Waals surface area contributed by atoms with Crippen LogP contribution in [0, 0.1) is 6.92 Å². The summed E-state index contributed by atoms with van der Waals surface area (Å²) in [6.07, 6.45) is 1.90. The van der Waals surface area contributed by atoms with E-state index < -0.39 is 17.4 Å². The number of aromatic nitrogens is 3. The molecule has 4 rings (SSSR count). The second-order valence-corrected chi connectivity index (χ2v) is 7.96. The number of rotatable bonds is 6. The van der Waals surface area contributed by atoms with Crippen LogP contribution in [-0.2, 0) is 21.5 Å². The number of H-pyrrole nitrogens is 1. The molecule has 3 aromatic rings. The van der Waals surface area contributed by atoms with Crippen molar-refractivity contribution in [3.63, 3.8) is 0 Å². The van der Waals surface area contributed by atoms with Crippen molar-refractivity contribution in [2.45, 2.75) is 52.5 Å². The zero-order valence-electron chi connectivity index (χ0n) is 18.6. The van der Waals surface area contributed by atoms with Crippen molar-refractivity contribution < 1.29 is 14.3 Å². The molecule has 0 unspecified atom stereocenters. The van der Waals surface area contributed by atoms with Crippen LogP contribution in [0.4, 0.5) is 4.79 Å². The van der Waals surface area contributed by atoms with Crippen molar-refractivity contribution in [2.75, 3.05) is 0 Å². The number of amides is 2. The third kappa shape index (κ3) is 3.51. The molecule has 1 aliphatic rings. The smallest absolute Gasteiger partial charge is 0.404 e. The molecule has 2 N–H and O–H groups in total. The van der Waals surface area contributed by atoms with Crippen molar-refractivity contribution in [2.24, 2.45) is 0 Å². The Morgan fingerprint density at radius 3 is 2.44 bits per heavy atom. The average molecular weight is 434 g/mol. The lowest BCUT2D eigenvalue weighted by Gasteiger charge is -2.28. The molecule has 0 aliphatic carbocycles. The van der Waals surface area contributed by atoms with E-state index in [1.165, 1.54) is 0 Å². The molecule has 0 spiro atoms. The van der Waals surface area contributed by atoms with E-state index in [2.05, 4.69) is 15.4 Å². The Labute approximate surface area is 185 Å². The molecule has 1 saturated heterocycles. The number of cyclic esters (lactones) is 1. The summed E-state index contributed by atoms with van der Waals surface area (Å²) in [5.74, 6) is -0.665. The monoisotopic (exact) mass is 434 g/mol. The molecule has 2 aromatic heterocycles. The van der Waals surface area contributed by atoms with Gasteiger partial charge in [0.05, 0.1) is 11.2 Å². The van der Waals surface area contributed by atoms with Crippen LogP contribution in [0.25, 0.3) is 22.2 Å². The van der Waals surface area contributed by atoms with Gasteiger partial charge in [0.1, 0.15) is 0 Å². The molecule has 166 valence electrons. The normalized spacial score (nSPS) is 15.4. The van der Waals surface area contributed by atoms with Crippen LogP contribution in [0.15, 0.2) is 47.0 Å². The summed E-state index contributed by atoms with van der Waals surface area (Å²) in [5.41, 5.74) is 3.10. The van der Waals surface area contributed by atoms with Crippen LogP contribution in [0.2, 0.25) is 0 Å². The number of fused-ring (bicyclic) bond motifs is 1. The number of benzene rings is 1. The van der Waals surface area contributed by atoms with Gasteiger partial charge in [0.2, 0.25) is 0 Å². The third-order valence-corrected chi connectivity index (χ3v) is 6.30. The number of allylic oxidation sites excluding steroid dienone is 1. The molecule has 0 atom stereocenters. The van der Waals surface area contributed by atoms with Crippen LogP contribution in [0.3, 0.4) is 0 Å². The second kappa shape index (κ2) is 8.11. The highest BCUT2D eigenvalue weighted by molar-refractivity contribution is 6.07. The Hall–Kier alpha value is -3.68. The number of carbonyl (C=O) groups excluding carboxylic acids is 2. The Morgan fingerprint density at radius 1 is 1.09 bits per heavy atom. The topological polar surface area (TPSA) is 106 Å². The van der Waals surface area contributed by atoms with Gasteiger partial charge in [-0.25, -0.2) is 4.79 Å². The summed E-state index contributed by atoms with van der Waals surface area (Å²) in [7, 11) is 0. The van der Waals surface area contributed by atoms with Crippen LogP contribution in [0.5, 0.6) is 0 Å². The number of pyridine rings is 1. The minimum absolute atomic E-state index is 0.0733. The Kier molecular flexibility index (Phi) is 5.46. The summed E-state index contributed by atoms with van der Waals surface area (Å²) in [6, 6.07) is 9.68. The van der Waals surface area contributed by atoms with Crippen LogP contribution in [-0.4, -0.2) is 26.8 Å². The highest BCUT2D eigenvalue weighted by atomic mass is 16.6. The standard InChI is InChI=1S/C24H26N4O4/c1-5-24(6-2,13-20-22(30)26-23(31)32-20)17-10-11-18(25-21(17)29)15-8-9-16-14(4)27-28(7-3)19(16)12-15/h8-13H,5-7H2,1-4H3,(H,25,29)(H,26,30,31). The van der Waals surface area contributed by atoms with E-state index in [4.69, 9.17) is 4.74 Å². The van der Waals surface area contributed by atoms with Crippen molar-refractivity contribution >= 4 is 22.9 Å². The first-order chi connectivity index (χ1) is 15.3. The Balaban J connectivity index is 1.78. The molecule has 3 heterocycles. The fourth-order valence-corrected chi connectivity index (χ4v) is 4.37. The first-order valence-electron chi connectivity index (χ1n) is 10.8. The molecular weight excluding hydrogens is 408 g/mol. The third-order valence-electron chi connectivity index (χ3n) is 6.30. The summed E-state index contributed by atoms with van der Waals surface area (Å²) >= 11 is 0. The lowest BCUT2D eigenvalue weighted by atomic mass is 9.75. The van der Waals surface area contributed by atoms with E-state index in [1.807, 2.05) is 56.6 Å². The van der Waals surface area contributed by atoms with Crippen molar-refractivity contribution in [1.29, 1.82) is 0 Å². The molecule has 32 heavy (non-hydrogen) atoms. The predicted octanol–water partition coefficient (Wildman–Crippen LogP) is 3.93. The summed E-state index contributed by atoms with van der Waals surface area (Å²) in [5, 5.41) is 7.74. The molecule has 1 aromatic carbocycles. The molecule has 8 heteroatoms. The van der Waals surface area contributed by atoms with Crippen LogP contribution in [0.1, 0.15) is 44.9 Å². The zero-order valence-corrected chi connectivity index (χ0v) is 18.6. The number of aryl methyl sites for hydroxylation is 2. The summed E-state index contributed by atoms with van der Waals surface area (Å²) in [6.45, 7) is 8.65. The number of carbonyl (C=O) groups is 2. The number of nitrogens with one attached hydrogen (secondary N) is 2. The van der Waals surface area contributed by atoms with Crippen molar-refractivity contribution in [1.82, 2.24) is 20.1 Å². The SMILES string of the molecule is CCn1nc(C)c2ccc(-c3ccc(C(C=C4OC(=O)NC4=O)(CC)CC)c(=O)[nH]3)cc21. The number of hydrogen-bond acceptors (Lipinski definition) is 5. The van der Waals surface area contributed by atoms with E-state index in [1.54, 1.807) is 12.1 Å². The fourth-order valence-electron chi connectivity index (χ4n) is 4.37. The van der Waals surface area contributed by atoms with E-state index >= 15 is 0 Å². The quantitative estimate of drug-likeness (QED) is 0.572. The number of aromatic amines is 1. The first-order valence-corrected chi connectivity index (χ1v) is 10.8. The molecule has 0 radical (unpaired) electrons. The number of ether oxygens (including phenoxy) is 1. The zero-order chi connectivity index (χ0) is 23.0. The lowest BCUT2D eigenvalue weighted by molar-refractivity contribution is -0.116. The highest BCUT2D eigenvalue weighted by Gasteiger charge is 2.35. The maximum Gasteiger partial charge on any atom is 0.419 e. The molecule has 2 amide bonds. The predicted molar refractivity (Wildman–Crippen MR) is 121 cm³/mol. The molecule has 8 nitrogen and oxygen atoms in total. The van der Waals surface area contributed by atoms with Crippen molar-refractivity contribution in [3.05, 3.63) is 63.8 Å². The maximum absolute atomic E-state index is 13.2. The summed E-state index contributed by atoms with van der Waals surface area (Å²) < 4.78 is 6.94. The largest absolute Gasteiger partial charge is 0.419 e. The number of nitrogens with zero attached hydrogens (tertiary/aromatic N) is 2. The first kappa shape index (κ1) is 21.5. The van der Waals surface area contributed by atoms with Gasteiger partial charge in [-0.2, -0.15) is 5.10 Å². The lowest BCUT2D eigenvalue weighted by Crippen LogP contribution is -2.31. The van der Waals surface area contributed by atoms with Gasteiger partial charge in [0.15, 0.2) is 5.76 Å². The maximum atomic E-state index is 13.2.